The molecule has 1 fully saturated rings. The molecule has 2 aromatic rings. The molecule has 33 heavy (non-hydrogen) atoms. The molecule has 7 nitrogen and oxygen atoms in total. The van der Waals surface area contributed by atoms with Gasteiger partial charge >= 0.3 is 0 Å². The third-order valence-corrected chi connectivity index (χ3v) is 7.15. The summed E-state index contributed by atoms with van der Waals surface area (Å²) in [6.45, 7) is 5.62. The van der Waals surface area contributed by atoms with Crippen molar-refractivity contribution in [3.63, 3.8) is 0 Å². The second-order valence-electron chi connectivity index (χ2n) is 8.18. The molecule has 0 aliphatic carbocycles. The summed E-state index contributed by atoms with van der Waals surface area (Å²) in [5.41, 5.74) is 2.19. The summed E-state index contributed by atoms with van der Waals surface area (Å²) in [6, 6.07) is 13.6. The molecule has 180 valence electrons. The Balaban J connectivity index is 1.39. The monoisotopic (exact) mass is 473 g/mol. The number of rotatable bonds is 11. The van der Waals surface area contributed by atoms with Crippen LogP contribution in [0.3, 0.4) is 0 Å². The molecule has 0 radical (unpaired) electrons. The summed E-state index contributed by atoms with van der Waals surface area (Å²) < 4.78 is 26.2. The van der Waals surface area contributed by atoms with Crippen LogP contribution in [0.15, 0.2) is 47.4 Å². The molecule has 0 saturated carbocycles. The molecule has 1 unspecified atom stereocenters. The number of nitrogens with zero attached hydrogens (tertiary/aromatic N) is 1. The Morgan fingerprint density at radius 3 is 2.55 bits per heavy atom. The number of ether oxygens (including phenoxy) is 2. The van der Waals surface area contributed by atoms with Crippen LogP contribution in [0.1, 0.15) is 44.1 Å². The maximum atomic E-state index is 12.5. The van der Waals surface area contributed by atoms with Crippen molar-refractivity contribution in [1.82, 2.24) is 9.62 Å². The first-order valence-electron chi connectivity index (χ1n) is 11.5. The van der Waals surface area contributed by atoms with E-state index >= 15 is 0 Å². The van der Waals surface area contributed by atoms with Gasteiger partial charge < -0.3 is 19.7 Å². The average Bonchev–Trinajstić information content (AvgIpc) is 2.86. The fraction of sp³-hybridized carbons (Fsp3) is 0.480. The molecule has 0 aromatic heterocycles. The smallest absolute Gasteiger partial charge is 0.224 e. The minimum Gasteiger partial charge on any atom is -0.493 e. The van der Waals surface area contributed by atoms with E-state index in [1.807, 2.05) is 19.1 Å². The van der Waals surface area contributed by atoms with E-state index in [2.05, 4.69) is 27.1 Å². The van der Waals surface area contributed by atoms with Crippen LogP contribution >= 0.6 is 0 Å². The largest absolute Gasteiger partial charge is 0.493 e. The Labute approximate surface area is 199 Å². The average molecular weight is 474 g/mol. The lowest BCUT2D eigenvalue weighted by Gasteiger charge is -2.32. The highest BCUT2D eigenvalue weighted by Gasteiger charge is 2.20. The first-order valence-corrected chi connectivity index (χ1v) is 12.7. The highest BCUT2D eigenvalue weighted by molar-refractivity contribution is 7.83. The minimum atomic E-state index is -1.28. The van der Waals surface area contributed by atoms with Crippen LogP contribution in [0.4, 0.5) is 5.69 Å². The SMILES string of the molecule is CCC(=O)Nc1cccc(C2CCN(CCCNS(=O)c3ccc(OC)c(OC)c3)CC2)c1. The number of likely N-dealkylation sites (tertiary alicyclic amines) is 1. The van der Waals surface area contributed by atoms with Crippen LogP contribution in [0.5, 0.6) is 11.5 Å². The fourth-order valence-electron chi connectivity index (χ4n) is 4.09. The Morgan fingerprint density at radius 1 is 1.09 bits per heavy atom. The van der Waals surface area contributed by atoms with Crippen molar-refractivity contribution in [3.05, 3.63) is 48.0 Å². The van der Waals surface area contributed by atoms with Crippen LogP contribution in [0.2, 0.25) is 0 Å². The third kappa shape index (κ3) is 7.28. The zero-order chi connectivity index (χ0) is 23.6. The summed E-state index contributed by atoms with van der Waals surface area (Å²) >= 11 is 0. The maximum Gasteiger partial charge on any atom is 0.224 e. The van der Waals surface area contributed by atoms with Crippen molar-refractivity contribution in [2.75, 3.05) is 45.7 Å². The van der Waals surface area contributed by atoms with Gasteiger partial charge in [0.15, 0.2) is 11.5 Å². The molecule has 3 rings (SSSR count). The molecule has 0 bridgehead atoms. The third-order valence-electron chi connectivity index (χ3n) is 6.00. The molecular formula is C25H35N3O4S. The molecule has 1 heterocycles. The number of hydrogen-bond acceptors (Lipinski definition) is 5. The standard InChI is InChI=1S/C25H35N3O4S/c1-4-25(29)27-21-8-5-7-20(17-21)19-11-15-28(16-12-19)14-6-13-26-33(30)22-9-10-23(31-2)24(18-22)32-3/h5,7-10,17-19,26H,4,6,11-16H2,1-3H3,(H,27,29). The summed E-state index contributed by atoms with van der Waals surface area (Å²) in [7, 11) is 1.87. The molecule has 1 aliphatic rings. The summed E-state index contributed by atoms with van der Waals surface area (Å²) in [6.07, 6.45) is 3.63. The number of amides is 1. The van der Waals surface area contributed by atoms with Crippen molar-refractivity contribution in [3.8, 4) is 11.5 Å². The first kappa shape index (κ1) is 25.2. The second-order valence-corrected chi connectivity index (χ2v) is 9.47. The zero-order valence-electron chi connectivity index (χ0n) is 19.8. The minimum absolute atomic E-state index is 0.0441. The number of benzene rings is 2. The molecule has 2 aromatic carbocycles. The molecule has 8 heteroatoms. The lowest BCUT2D eigenvalue weighted by atomic mass is 9.89. The second kappa shape index (κ2) is 12.7. The summed E-state index contributed by atoms with van der Waals surface area (Å²) in [4.78, 5) is 14.8. The summed E-state index contributed by atoms with van der Waals surface area (Å²) in [5, 5.41) is 2.95. The van der Waals surface area contributed by atoms with Gasteiger partial charge in [-0.2, -0.15) is 0 Å². The van der Waals surface area contributed by atoms with E-state index in [1.165, 1.54) is 5.56 Å². The van der Waals surface area contributed by atoms with Crippen molar-refractivity contribution in [2.45, 2.75) is 43.4 Å². The number of piperidine rings is 1. The van der Waals surface area contributed by atoms with Gasteiger partial charge in [0.1, 0.15) is 11.0 Å². The van der Waals surface area contributed by atoms with Gasteiger partial charge in [-0.05, 0) is 74.6 Å². The first-order chi connectivity index (χ1) is 16.0. The predicted octanol–water partition coefficient (Wildman–Crippen LogP) is 3.93. The van der Waals surface area contributed by atoms with Gasteiger partial charge in [0.2, 0.25) is 5.91 Å². The highest BCUT2D eigenvalue weighted by atomic mass is 32.2. The van der Waals surface area contributed by atoms with Crippen LogP contribution in [0.25, 0.3) is 0 Å². The zero-order valence-corrected chi connectivity index (χ0v) is 20.6. The van der Waals surface area contributed by atoms with Gasteiger partial charge in [0.05, 0.1) is 19.1 Å². The molecule has 0 spiro atoms. The molecule has 2 N–H and O–H groups in total. The van der Waals surface area contributed by atoms with Crippen LogP contribution in [-0.2, 0) is 15.8 Å². The Morgan fingerprint density at radius 2 is 1.85 bits per heavy atom. The predicted molar refractivity (Wildman–Crippen MR) is 132 cm³/mol. The molecule has 1 aliphatic heterocycles. The maximum absolute atomic E-state index is 12.5. The Bertz CT molecular complexity index is 945. The van der Waals surface area contributed by atoms with Crippen LogP contribution < -0.4 is 19.5 Å². The number of methoxy groups -OCH3 is 2. The molecular weight excluding hydrogens is 438 g/mol. The Hall–Kier alpha value is -2.42. The highest BCUT2D eigenvalue weighted by Crippen LogP contribution is 2.30. The van der Waals surface area contributed by atoms with E-state index < -0.39 is 11.0 Å². The van der Waals surface area contributed by atoms with Gasteiger partial charge in [-0.3, -0.25) is 4.79 Å². The van der Waals surface area contributed by atoms with Crippen molar-refractivity contribution < 1.29 is 18.5 Å². The van der Waals surface area contributed by atoms with E-state index in [9.17, 15) is 9.00 Å². The van der Waals surface area contributed by atoms with E-state index in [1.54, 1.807) is 32.4 Å². The number of anilines is 1. The summed E-state index contributed by atoms with van der Waals surface area (Å²) in [5.74, 6) is 1.77. The fourth-order valence-corrected chi connectivity index (χ4v) is 4.99. The van der Waals surface area contributed by atoms with E-state index in [0.717, 1.165) is 44.6 Å². The number of carbonyl (C=O) groups is 1. The number of carbonyl (C=O) groups excluding carboxylic acids is 1. The normalized spacial score (nSPS) is 15.7. The van der Waals surface area contributed by atoms with Crippen molar-refractivity contribution in [1.29, 1.82) is 0 Å². The number of nitrogens with one attached hydrogen (secondary N) is 2. The lowest BCUT2D eigenvalue weighted by molar-refractivity contribution is -0.115. The van der Waals surface area contributed by atoms with Gasteiger partial charge in [-0.15, -0.1) is 0 Å². The molecule has 1 saturated heterocycles. The lowest BCUT2D eigenvalue weighted by Crippen LogP contribution is -2.35. The van der Waals surface area contributed by atoms with Crippen molar-refractivity contribution >= 4 is 22.6 Å². The van der Waals surface area contributed by atoms with Crippen molar-refractivity contribution in [2.24, 2.45) is 0 Å². The number of hydrogen-bond donors (Lipinski definition) is 2. The van der Waals surface area contributed by atoms with E-state index in [-0.39, 0.29) is 5.91 Å². The van der Waals surface area contributed by atoms with Gasteiger partial charge in [-0.25, -0.2) is 8.93 Å². The Kier molecular flexibility index (Phi) is 9.72. The topological polar surface area (TPSA) is 79.9 Å². The van der Waals surface area contributed by atoms with Crippen LogP contribution in [-0.4, -0.2) is 55.4 Å². The van der Waals surface area contributed by atoms with Crippen LogP contribution in [0, 0.1) is 0 Å². The van der Waals surface area contributed by atoms with Gasteiger partial charge in [0, 0.05) is 24.7 Å². The van der Waals surface area contributed by atoms with Gasteiger partial charge in [0.25, 0.3) is 0 Å². The molecule has 1 amide bonds. The van der Waals surface area contributed by atoms with E-state index in [4.69, 9.17) is 9.47 Å². The van der Waals surface area contributed by atoms with Gasteiger partial charge in [-0.1, -0.05) is 19.1 Å². The quantitative estimate of drug-likeness (QED) is 0.484. The molecule has 1 atom stereocenters. The van der Waals surface area contributed by atoms with E-state index in [0.29, 0.717) is 35.3 Å².